The molecule has 2 unspecified atom stereocenters. The number of phenolic OH excluding ortho intramolecular Hbond substituents is 1. The van der Waals surface area contributed by atoms with Crippen LogP contribution in [0.3, 0.4) is 0 Å². The van der Waals surface area contributed by atoms with Crippen molar-refractivity contribution in [3.63, 3.8) is 0 Å². The summed E-state index contributed by atoms with van der Waals surface area (Å²) < 4.78 is 5.01. The van der Waals surface area contributed by atoms with Crippen LogP contribution in [-0.4, -0.2) is 23.3 Å². The third-order valence-corrected chi connectivity index (χ3v) is 3.14. The molecule has 4 nitrogen and oxygen atoms in total. The van der Waals surface area contributed by atoms with Crippen LogP contribution in [0.4, 0.5) is 0 Å². The maximum Gasteiger partial charge on any atom is 0.311 e. The molecule has 1 aromatic carbocycles. The molecule has 0 heterocycles. The normalized spacial score (nSPS) is 13.9. The first-order valence-corrected chi connectivity index (χ1v) is 6.11. The molecule has 1 rings (SSSR count). The first-order chi connectivity index (χ1) is 8.51. The van der Waals surface area contributed by atoms with E-state index in [1.54, 1.807) is 12.1 Å². The minimum absolute atomic E-state index is 0.0218. The van der Waals surface area contributed by atoms with Crippen LogP contribution in [0, 0.1) is 5.92 Å². The minimum atomic E-state index is -0.844. The van der Waals surface area contributed by atoms with E-state index in [4.69, 9.17) is 4.74 Å². The van der Waals surface area contributed by atoms with Crippen molar-refractivity contribution in [3.05, 3.63) is 23.8 Å². The fourth-order valence-electron chi connectivity index (χ4n) is 2.22. The lowest BCUT2D eigenvalue weighted by molar-refractivity contribution is -0.140. The lowest BCUT2D eigenvalue weighted by Crippen LogP contribution is -2.19. The van der Waals surface area contributed by atoms with Crippen molar-refractivity contribution < 1.29 is 19.7 Å². The Kier molecular flexibility index (Phi) is 5.01. The van der Waals surface area contributed by atoms with Crippen molar-refractivity contribution in [2.75, 3.05) is 7.11 Å². The average molecular weight is 252 g/mol. The molecule has 0 aliphatic heterocycles. The third-order valence-electron chi connectivity index (χ3n) is 3.14. The average Bonchev–Trinajstić information content (AvgIpc) is 2.31. The highest BCUT2D eigenvalue weighted by Crippen LogP contribution is 2.34. The number of methoxy groups -OCH3 is 1. The van der Waals surface area contributed by atoms with Crippen molar-refractivity contribution in [2.45, 2.75) is 32.6 Å². The monoisotopic (exact) mass is 252 g/mol. The van der Waals surface area contributed by atoms with Gasteiger partial charge in [0.15, 0.2) is 11.5 Å². The van der Waals surface area contributed by atoms with E-state index in [2.05, 4.69) is 0 Å². The number of phenols is 1. The second-order valence-electron chi connectivity index (χ2n) is 4.51. The predicted molar refractivity (Wildman–Crippen MR) is 69.1 cm³/mol. The zero-order valence-electron chi connectivity index (χ0n) is 11.0. The van der Waals surface area contributed by atoms with Gasteiger partial charge in [0, 0.05) is 0 Å². The van der Waals surface area contributed by atoms with Gasteiger partial charge in [-0.15, -0.1) is 0 Å². The van der Waals surface area contributed by atoms with Gasteiger partial charge < -0.3 is 14.9 Å². The lowest BCUT2D eigenvalue weighted by atomic mass is 9.84. The third kappa shape index (κ3) is 3.15. The Morgan fingerprint density at radius 2 is 2.11 bits per heavy atom. The second kappa shape index (κ2) is 6.28. The molecule has 0 bridgehead atoms. The van der Waals surface area contributed by atoms with E-state index >= 15 is 0 Å². The molecule has 0 saturated carbocycles. The summed E-state index contributed by atoms with van der Waals surface area (Å²) in [5, 5.41) is 18.9. The summed E-state index contributed by atoms with van der Waals surface area (Å²) >= 11 is 0. The molecule has 0 aromatic heterocycles. The molecular weight excluding hydrogens is 232 g/mol. The van der Waals surface area contributed by atoms with Crippen LogP contribution < -0.4 is 4.74 Å². The van der Waals surface area contributed by atoms with Gasteiger partial charge in [0.2, 0.25) is 0 Å². The van der Waals surface area contributed by atoms with E-state index in [-0.39, 0.29) is 11.7 Å². The Hall–Kier alpha value is -1.71. The molecular formula is C14H20O4. The molecule has 0 fully saturated rings. The minimum Gasteiger partial charge on any atom is -0.504 e. The summed E-state index contributed by atoms with van der Waals surface area (Å²) in [4.78, 5) is 11.4. The Bertz CT molecular complexity index is 414. The summed E-state index contributed by atoms with van der Waals surface area (Å²) in [6.45, 7) is 3.97. The van der Waals surface area contributed by atoms with Crippen LogP contribution in [0.25, 0.3) is 0 Å². The van der Waals surface area contributed by atoms with Crippen LogP contribution in [0.2, 0.25) is 0 Å². The topological polar surface area (TPSA) is 66.8 Å². The van der Waals surface area contributed by atoms with Crippen molar-refractivity contribution in [2.24, 2.45) is 5.92 Å². The zero-order valence-corrected chi connectivity index (χ0v) is 11.0. The van der Waals surface area contributed by atoms with Crippen LogP contribution in [0.1, 0.15) is 38.2 Å². The highest BCUT2D eigenvalue weighted by atomic mass is 16.5. The van der Waals surface area contributed by atoms with E-state index in [0.29, 0.717) is 11.3 Å². The largest absolute Gasteiger partial charge is 0.504 e. The number of rotatable bonds is 6. The SMILES string of the molecule is CCCC(C)C(C(=O)O)c1ccc(O)c(OC)c1. The second-order valence-corrected chi connectivity index (χ2v) is 4.51. The summed E-state index contributed by atoms with van der Waals surface area (Å²) in [6.07, 6.45) is 1.79. The molecule has 0 aliphatic rings. The fraction of sp³-hybridized carbons (Fsp3) is 0.500. The van der Waals surface area contributed by atoms with Gasteiger partial charge in [0.05, 0.1) is 13.0 Å². The van der Waals surface area contributed by atoms with Crippen molar-refractivity contribution in [1.29, 1.82) is 0 Å². The number of hydrogen-bond acceptors (Lipinski definition) is 3. The molecule has 100 valence electrons. The van der Waals surface area contributed by atoms with Crippen LogP contribution in [0.5, 0.6) is 11.5 Å². The number of aromatic hydroxyl groups is 1. The molecule has 0 amide bonds. The predicted octanol–water partition coefficient (Wildman–Crippen LogP) is 3.01. The van der Waals surface area contributed by atoms with E-state index in [0.717, 1.165) is 12.8 Å². The number of aliphatic carboxylic acids is 1. The Morgan fingerprint density at radius 3 is 2.61 bits per heavy atom. The highest BCUT2D eigenvalue weighted by molar-refractivity contribution is 5.76. The van der Waals surface area contributed by atoms with Gasteiger partial charge in [-0.1, -0.05) is 26.3 Å². The number of carboxylic acid groups (broad SMARTS) is 1. The quantitative estimate of drug-likeness (QED) is 0.816. The van der Waals surface area contributed by atoms with Crippen LogP contribution >= 0.6 is 0 Å². The van der Waals surface area contributed by atoms with E-state index in [1.165, 1.54) is 13.2 Å². The maximum absolute atomic E-state index is 11.4. The highest BCUT2D eigenvalue weighted by Gasteiger charge is 2.26. The molecule has 0 saturated heterocycles. The molecule has 2 atom stereocenters. The van der Waals surface area contributed by atoms with Gasteiger partial charge in [-0.25, -0.2) is 0 Å². The smallest absolute Gasteiger partial charge is 0.311 e. The number of benzene rings is 1. The Balaban J connectivity index is 3.10. The van der Waals surface area contributed by atoms with Gasteiger partial charge in [0.1, 0.15) is 0 Å². The van der Waals surface area contributed by atoms with Crippen molar-refractivity contribution in [3.8, 4) is 11.5 Å². The van der Waals surface area contributed by atoms with E-state index in [9.17, 15) is 15.0 Å². The number of ether oxygens (including phenoxy) is 1. The zero-order chi connectivity index (χ0) is 13.7. The van der Waals surface area contributed by atoms with Gasteiger partial charge in [0.25, 0.3) is 0 Å². The Labute approximate surface area is 107 Å². The summed E-state index contributed by atoms with van der Waals surface area (Å²) in [6, 6.07) is 4.71. The van der Waals surface area contributed by atoms with Crippen LogP contribution in [0.15, 0.2) is 18.2 Å². The van der Waals surface area contributed by atoms with Gasteiger partial charge in [-0.3, -0.25) is 4.79 Å². The van der Waals surface area contributed by atoms with E-state index < -0.39 is 11.9 Å². The number of carboxylic acids is 1. The first-order valence-electron chi connectivity index (χ1n) is 6.11. The molecule has 0 radical (unpaired) electrons. The van der Waals surface area contributed by atoms with Crippen LogP contribution in [-0.2, 0) is 4.79 Å². The van der Waals surface area contributed by atoms with E-state index in [1.807, 2.05) is 13.8 Å². The lowest BCUT2D eigenvalue weighted by Gasteiger charge is -2.20. The molecule has 4 heteroatoms. The number of carbonyl (C=O) groups is 1. The molecule has 0 aliphatic carbocycles. The number of hydrogen-bond donors (Lipinski definition) is 2. The molecule has 1 aromatic rings. The van der Waals surface area contributed by atoms with Gasteiger partial charge >= 0.3 is 5.97 Å². The standard InChI is InChI=1S/C14H20O4/c1-4-5-9(2)13(14(16)17)10-6-7-11(15)12(8-10)18-3/h6-9,13,15H,4-5H2,1-3H3,(H,16,17). The van der Waals surface area contributed by atoms with Crippen molar-refractivity contribution >= 4 is 5.97 Å². The summed E-state index contributed by atoms with van der Waals surface area (Å²) in [7, 11) is 1.45. The molecule has 2 N–H and O–H groups in total. The maximum atomic E-state index is 11.4. The Morgan fingerprint density at radius 1 is 1.44 bits per heavy atom. The van der Waals surface area contributed by atoms with Crippen molar-refractivity contribution in [1.82, 2.24) is 0 Å². The molecule has 18 heavy (non-hydrogen) atoms. The summed E-state index contributed by atoms with van der Waals surface area (Å²) in [5.41, 5.74) is 0.665. The summed E-state index contributed by atoms with van der Waals surface area (Å²) in [5.74, 6) is -1.04. The van der Waals surface area contributed by atoms with Gasteiger partial charge in [-0.05, 0) is 30.0 Å². The molecule has 0 spiro atoms. The fourth-order valence-corrected chi connectivity index (χ4v) is 2.22. The van der Waals surface area contributed by atoms with Gasteiger partial charge in [-0.2, -0.15) is 0 Å². The first kappa shape index (κ1) is 14.4.